The number of hydrogen-bond donors (Lipinski definition) is 1. The molecule has 1 aromatic rings. The molecule has 1 aliphatic carbocycles. The van der Waals surface area contributed by atoms with Crippen LogP contribution in [0.3, 0.4) is 0 Å². The zero-order valence-corrected chi connectivity index (χ0v) is 10.2. The van der Waals surface area contributed by atoms with Crippen molar-refractivity contribution in [2.45, 2.75) is 32.2 Å². The van der Waals surface area contributed by atoms with Crippen molar-refractivity contribution in [1.82, 2.24) is 4.98 Å². The number of pyridine rings is 1. The zero-order valence-electron chi connectivity index (χ0n) is 10.2. The first-order valence-electron chi connectivity index (χ1n) is 6.09. The van der Waals surface area contributed by atoms with E-state index in [1.54, 1.807) is 0 Å². The molecule has 88 valence electrons. The molecule has 0 aliphatic heterocycles. The van der Waals surface area contributed by atoms with E-state index in [2.05, 4.69) is 23.0 Å². The van der Waals surface area contributed by atoms with E-state index in [0.29, 0.717) is 0 Å². The molecule has 1 fully saturated rings. The van der Waals surface area contributed by atoms with Crippen molar-refractivity contribution in [3.05, 3.63) is 23.9 Å². The maximum absolute atomic E-state index is 5.88. The second-order valence-corrected chi connectivity index (χ2v) is 4.91. The summed E-state index contributed by atoms with van der Waals surface area (Å²) in [5, 5.41) is 0. The van der Waals surface area contributed by atoms with Crippen LogP contribution in [0.25, 0.3) is 0 Å². The summed E-state index contributed by atoms with van der Waals surface area (Å²) in [6, 6.07) is 4.17. The van der Waals surface area contributed by atoms with Crippen LogP contribution in [0, 0.1) is 5.92 Å². The van der Waals surface area contributed by atoms with Crippen LogP contribution < -0.4 is 10.6 Å². The fraction of sp³-hybridized carbons (Fsp3) is 0.615. The Kier molecular flexibility index (Phi) is 3.44. The number of rotatable bonds is 4. The average Bonchev–Trinajstić information content (AvgIpc) is 2.23. The van der Waals surface area contributed by atoms with Crippen LogP contribution in [0.2, 0.25) is 0 Å². The molecule has 0 unspecified atom stereocenters. The van der Waals surface area contributed by atoms with Gasteiger partial charge in [-0.25, -0.2) is 4.98 Å². The Labute approximate surface area is 97.7 Å². The Hall–Kier alpha value is -1.09. The fourth-order valence-corrected chi connectivity index (χ4v) is 2.08. The summed E-state index contributed by atoms with van der Waals surface area (Å²) < 4.78 is 0. The summed E-state index contributed by atoms with van der Waals surface area (Å²) in [6.07, 6.45) is 5.99. The van der Waals surface area contributed by atoms with Gasteiger partial charge in [-0.05, 0) is 43.4 Å². The van der Waals surface area contributed by atoms with E-state index >= 15 is 0 Å². The molecule has 0 bridgehead atoms. The van der Waals surface area contributed by atoms with E-state index in [9.17, 15) is 0 Å². The average molecular weight is 219 g/mol. The minimum absolute atomic E-state index is 0.0823. The standard InChI is InChI=1S/C13H21N3/c1-10(14)12-6-7-15-13(8-12)16(2)9-11-4-3-5-11/h6-8,10-11H,3-5,9,14H2,1-2H3/t10-/m0/s1. The molecule has 0 amide bonds. The molecule has 1 aromatic heterocycles. The highest BCUT2D eigenvalue weighted by molar-refractivity contribution is 5.41. The summed E-state index contributed by atoms with van der Waals surface area (Å²) >= 11 is 0. The van der Waals surface area contributed by atoms with Gasteiger partial charge in [0.05, 0.1) is 0 Å². The highest BCUT2D eigenvalue weighted by atomic mass is 15.2. The SMILES string of the molecule is C[C@H](N)c1ccnc(N(C)CC2CCC2)c1. The smallest absolute Gasteiger partial charge is 0.128 e. The monoisotopic (exact) mass is 219 g/mol. The topological polar surface area (TPSA) is 42.1 Å². The lowest BCUT2D eigenvalue weighted by atomic mass is 9.85. The molecule has 1 atom stereocenters. The van der Waals surface area contributed by atoms with Gasteiger partial charge in [-0.1, -0.05) is 6.42 Å². The van der Waals surface area contributed by atoms with Gasteiger partial charge in [0.2, 0.25) is 0 Å². The van der Waals surface area contributed by atoms with Crippen LogP contribution in [0.15, 0.2) is 18.3 Å². The summed E-state index contributed by atoms with van der Waals surface area (Å²) in [5.41, 5.74) is 7.03. The number of nitrogens with two attached hydrogens (primary N) is 1. The Bertz CT molecular complexity index is 345. The fourth-order valence-electron chi connectivity index (χ4n) is 2.08. The number of anilines is 1. The van der Waals surface area contributed by atoms with Gasteiger partial charge >= 0.3 is 0 Å². The molecule has 16 heavy (non-hydrogen) atoms. The normalized spacial score (nSPS) is 17.9. The lowest BCUT2D eigenvalue weighted by Gasteiger charge is -2.30. The molecule has 3 nitrogen and oxygen atoms in total. The summed E-state index contributed by atoms with van der Waals surface area (Å²) in [6.45, 7) is 3.13. The van der Waals surface area contributed by atoms with Gasteiger partial charge in [-0.15, -0.1) is 0 Å². The van der Waals surface area contributed by atoms with E-state index in [4.69, 9.17) is 5.73 Å². The molecular weight excluding hydrogens is 198 g/mol. The van der Waals surface area contributed by atoms with E-state index < -0.39 is 0 Å². The molecule has 1 saturated carbocycles. The molecular formula is C13H21N3. The van der Waals surface area contributed by atoms with Crippen molar-refractivity contribution >= 4 is 5.82 Å². The first-order chi connectivity index (χ1) is 7.66. The van der Waals surface area contributed by atoms with Gasteiger partial charge < -0.3 is 10.6 Å². The van der Waals surface area contributed by atoms with Crippen LogP contribution in [-0.2, 0) is 0 Å². The van der Waals surface area contributed by atoms with Crippen molar-refractivity contribution < 1.29 is 0 Å². The quantitative estimate of drug-likeness (QED) is 0.845. The third-order valence-electron chi connectivity index (χ3n) is 3.44. The van der Waals surface area contributed by atoms with Crippen LogP contribution in [-0.4, -0.2) is 18.6 Å². The molecule has 0 saturated heterocycles. The first-order valence-corrected chi connectivity index (χ1v) is 6.09. The molecule has 3 heteroatoms. The van der Waals surface area contributed by atoms with Crippen molar-refractivity contribution in [1.29, 1.82) is 0 Å². The number of aromatic nitrogens is 1. The lowest BCUT2D eigenvalue weighted by Crippen LogP contribution is -2.29. The zero-order chi connectivity index (χ0) is 11.5. The van der Waals surface area contributed by atoms with Crippen LogP contribution in [0.1, 0.15) is 37.8 Å². The number of hydrogen-bond acceptors (Lipinski definition) is 3. The Morgan fingerprint density at radius 2 is 2.31 bits per heavy atom. The molecule has 2 N–H and O–H groups in total. The second kappa shape index (κ2) is 4.83. The minimum atomic E-state index is 0.0823. The van der Waals surface area contributed by atoms with Crippen molar-refractivity contribution in [2.75, 3.05) is 18.5 Å². The van der Waals surface area contributed by atoms with Crippen LogP contribution in [0.4, 0.5) is 5.82 Å². The van der Waals surface area contributed by atoms with Gasteiger partial charge in [0.1, 0.15) is 5.82 Å². The van der Waals surface area contributed by atoms with E-state index in [-0.39, 0.29) is 6.04 Å². The summed E-state index contributed by atoms with van der Waals surface area (Å²) in [4.78, 5) is 6.65. The van der Waals surface area contributed by atoms with Crippen molar-refractivity contribution in [3.8, 4) is 0 Å². The van der Waals surface area contributed by atoms with Gasteiger partial charge in [0.25, 0.3) is 0 Å². The molecule has 1 aliphatic rings. The lowest BCUT2D eigenvalue weighted by molar-refractivity contribution is 0.321. The highest BCUT2D eigenvalue weighted by Gasteiger charge is 2.19. The summed E-state index contributed by atoms with van der Waals surface area (Å²) in [7, 11) is 2.12. The van der Waals surface area contributed by atoms with Crippen LogP contribution >= 0.6 is 0 Å². The molecule has 0 spiro atoms. The highest BCUT2D eigenvalue weighted by Crippen LogP contribution is 2.28. The van der Waals surface area contributed by atoms with Gasteiger partial charge in [-0.3, -0.25) is 0 Å². The maximum Gasteiger partial charge on any atom is 0.128 e. The maximum atomic E-state index is 5.88. The van der Waals surface area contributed by atoms with Gasteiger partial charge in [0, 0.05) is 25.8 Å². The molecule has 2 rings (SSSR count). The van der Waals surface area contributed by atoms with E-state index in [0.717, 1.165) is 23.8 Å². The molecule has 0 radical (unpaired) electrons. The third-order valence-corrected chi connectivity index (χ3v) is 3.44. The number of nitrogens with zero attached hydrogens (tertiary/aromatic N) is 2. The van der Waals surface area contributed by atoms with Crippen molar-refractivity contribution in [2.24, 2.45) is 11.7 Å². The summed E-state index contributed by atoms with van der Waals surface area (Å²) in [5.74, 6) is 1.91. The predicted molar refractivity (Wildman–Crippen MR) is 67.5 cm³/mol. The molecule has 0 aromatic carbocycles. The Morgan fingerprint density at radius 3 is 2.88 bits per heavy atom. The Morgan fingerprint density at radius 1 is 1.56 bits per heavy atom. The third kappa shape index (κ3) is 2.53. The first kappa shape index (κ1) is 11.4. The Balaban J connectivity index is 2.03. The largest absolute Gasteiger partial charge is 0.359 e. The van der Waals surface area contributed by atoms with Crippen LogP contribution in [0.5, 0.6) is 0 Å². The van der Waals surface area contributed by atoms with E-state index in [1.807, 2.05) is 19.2 Å². The van der Waals surface area contributed by atoms with E-state index in [1.165, 1.54) is 19.3 Å². The predicted octanol–water partition coefficient (Wildman–Crippen LogP) is 2.34. The van der Waals surface area contributed by atoms with Gasteiger partial charge in [-0.2, -0.15) is 0 Å². The van der Waals surface area contributed by atoms with Gasteiger partial charge in [0.15, 0.2) is 0 Å². The second-order valence-electron chi connectivity index (χ2n) is 4.91. The molecule has 1 heterocycles. The van der Waals surface area contributed by atoms with Crippen molar-refractivity contribution in [3.63, 3.8) is 0 Å². The minimum Gasteiger partial charge on any atom is -0.359 e.